The summed E-state index contributed by atoms with van der Waals surface area (Å²) in [5.74, 6) is 0.930. The van der Waals surface area contributed by atoms with Gasteiger partial charge in [0, 0.05) is 25.2 Å². The quantitative estimate of drug-likeness (QED) is 0.656. The van der Waals surface area contributed by atoms with Crippen molar-refractivity contribution in [2.75, 3.05) is 26.2 Å². The van der Waals surface area contributed by atoms with E-state index in [1.807, 2.05) is 0 Å². The second-order valence-electron chi connectivity index (χ2n) is 5.58. The molecule has 1 N–H and O–H groups in total. The number of nitrogens with zero attached hydrogens (tertiary/aromatic N) is 2. The molecule has 9 heteroatoms. The lowest BCUT2D eigenvalue weighted by Crippen LogP contribution is -2.43. The number of nitrogens with one attached hydrogen (secondary N) is 1. The monoisotopic (exact) mass is 347 g/mol. The Hall–Kier alpha value is -1.22. The molecule has 0 spiro atoms. The van der Waals surface area contributed by atoms with Crippen molar-refractivity contribution < 1.29 is 13.3 Å². The largest absolute Gasteiger partial charge is 0.316 e. The number of hydrogen-bond acceptors (Lipinski definition) is 5. The van der Waals surface area contributed by atoms with Crippen LogP contribution in [0.1, 0.15) is 6.42 Å². The summed E-state index contributed by atoms with van der Waals surface area (Å²) in [6.45, 7) is 2.87. The average molecular weight is 348 g/mol. The van der Waals surface area contributed by atoms with Crippen LogP contribution in [-0.4, -0.2) is 43.8 Å². The molecule has 3 rings (SSSR count). The second-order valence-corrected chi connectivity index (χ2v) is 7.52. The molecule has 1 aromatic rings. The zero-order chi connectivity index (χ0) is 15.0. The van der Waals surface area contributed by atoms with Gasteiger partial charge in [0.1, 0.15) is 0 Å². The van der Waals surface area contributed by atoms with E-state index in [0.29, 0.717) is 24.9 Å². The van der Waals surface area contributed by atoms with Crippen LogP contribution in [0, 0.1) is 22.0 Å². The lowest BCUT2D eigenvalue weighted by atomic mass is 9.90. The summed E-state index contributed by atoms with van der Waals surface area (Å²) in [4.78, 5) is 10.2. The molecular formula is C13H18ClN3O4S. The van der Waals surface area contributed by atoms with E-state index in [9.17, 15) is 18.5 Å². The van der Waals surface area contributed by atoms with Gasteiger partial charge < -0.3 is 5.32 Å². The molecule has 2 aliphatic heterocycles. The van der Waals surface area contributed by atoms with E-state index in [0.717, 1.165) is 19.5 Å². The topological polar surface area (TPSA) is 92.5 Å². The summed E-state index contributed by atoms with van der Waals surface area (Å²) < 4.78 is 26.7. The minimum Gasteiger partial charge on any atom is -0.316 e. The van der Waals surface area contributed by atoms with E-state index < -0.39 is 14.9 Å². The van der Waals surface area contributed by atoms with Gasteiger partial charge >= 0.3 is 0 Å². The average Bonchev–Trinajstić information content (AvgIpc) is 2.94. The first-order chi connectivity index (χ1) is 9.98. The Bertz CT molecular complexity index is 650. The molecule has 0 aliphatic carbocycles. The van der Waals surface area contributed by atoms with Gasteiger partial charge in [0.2, 0.25) is 10.0 Å². The standard InChI is InChI=1S/C13H17N3O4S.ClH/c17-16(18)12-1-3-13(4-2-12)21(19,20)15-6-5-10-7-14-8-11(10)9-15;/h1-4,10-11,14H,5-9H2;1H. The van der Waals surface area contributed by atoms with E-state index in [1.165, 1.54) is 28.6 Å². The van der Waals surface area contributed by atoms with Crippen molar-refractivity contribution in [2.24, 2.45) is 11.8 Å². The Balaban J connectivity index is 0.00000176. The van der Waals surface area contributed by atoms with Crippen molar-refractivity contribution >= 4 is 28.1 Å². The van der Waals surface area contributed by atoms with Crippen molar-refractivity contribution in [1.29, 1.82) is 0 Å². The molecule has 0 radical (unpaired) electrons. The summed E-state index contributed by atoms with van der Waals surface area (Å²) in [7, 11) is -3.56. The summed E-state index contributed by atoms with van der Waals surface area (Å²) in [6.07, 6.45) is 0.865. The minimum atomic E-state index is -3.56. The number of fused-ring (bicyclic) bond motifs is 1. The molecule has 7 nitrogen and oxygen atoms in total. The predicted molar refractivity (Wildman–Crippen MR) is 83.6 cm³/mol. The van der Waals surface area contributed by atoms with Crippen LogP contribution in [0.4, 0.5) is 5.69 Å². The molecule has 2 unspecified atom stereocenters. The molecule has 22 heavy (non-hydrogen) atoms. The van der Waals surface area contributed by atoms with E-state index in [4.69, 9.17) is 0 Å². The molecule has 0 amide bonds. The summed E-state index contributed by atoms with van der Waals surface area (Å²) >= 11 is 0. The van der Waals surface area contributed by atoms with Crippen molar-refractivity contribution in [2.45, 2.75) is 11.3 Å². The summed E-state index contributed by atoms with van der Waals surface area (Å²) in [6, 6.07) is 5.09. The van der Waals surface area contributed by atoms with Crippen LogP contribution >= 0.6 is 12.4 Å². The SMILES string of the molecule is Cl.O=[N+]([O-])c1ccc(S(=O)(=O)N2CCC3CNCC3C2)cc1. The van der Waals surface area contributed by atoms with Gasteiger partial charge in [0.05, 0.1) is 9.82 Å². The van der Waals surface area contributed by atoms with Crippen LogP contribution in [-0.2, 0) is 10.0 Å². The van der Waals surface area contributed by atoms with Crippen molar-refractivity contribution in [3.63, 3.8) is 0 Å². The van der Waals surface area contributed by atoms with Crippen LogP contribution in [0.3, 0.4) is 0 Å². The zero-order valence-electron chi connectivity index (χ0n) is 11.8. The Labute approximate surface area is 135 Å². The third-order valence-corrected chi connectivity index (χ3v) is 6.23. The molecule has 2 heterocycles. The van der Waals surface area contributed by atoms with Crippen molar-refractivity contribution in [1.82, 2.24) is 9.62 Å². The smallest absolute Gasteiger partial charge is 0.269 e. The Morgan fingerprint density at radius 1 is 1.18 bits per heavy atom. The number of piperidine rings is 1. The summed E-state index contributed by atoms with van der Waals surface area (Å²) in [5.41, 5.74) is -0.104. The number of benzene rings is 1. The molecule has 2 fully saturated rings. The van der Waals surface area contributed by atoms with Crippen LogP contribution in [0.25, 0.3) is 0 Å². The number of nitro groups is 1. The Morgan fingerprint density at radius 2 is 1.82 bits per heavy atom. The maximum atomic E-state index is 12.6. The van der Waals surface area contributed by atoms with E-state index in [-0.39, 0.29) is 23.0 Å². The van der Waals surface area contributed by atoms with Gasteiger partial charge in [-0.2, -0.15) is 4.31 Å². The van der Waals surface area contributed by atoms with Crippen LogP contribution in [0.5, 0.6) is 0 Å². The molecule has 122 valence electrons. The molecule has 0 bridgehead atoms. The number of hydrogen-bond donors (Lipinski definition) is 1. The lowest BCUT2D eigenvalue weighted by molar-refractivity contribution is -0.384. The van der Waals surface area contributed by atoms with Crippen LogP contribution < -0.4 is 5.32 Å². The molecule has 2 atom stereocenters. The maximum Gasteiger partial charge on any atom is 0.269 e. The Kier molecular flexibility index (Phi) is 5.06. The van der Waals surface area contributed by atoms with Crippen molar-refractivity contribution in [3.05, 3.63) is 34.4 Å². The fourth-order valence-electron chi connectivity index (χ4n) is 3.11. The highest BCUT2D eigenvalue weighted by molar-refractivity contribution is 7.89. The third kappa shape index (κ3) is 3.10. The number of nitro benzene ring substituents is 1. The van der Waals surface area contributed by atoms with Gasteiger partial charge in [0.25, 0.3) is 5.69 Å². The first-order valence-electron chi connectivity index (χ1n) is 6.94. The number of rotatable bonds is 3. The second kappa shape index (κ2) is 6.49. The normalized spacial score (nSPS) is 25.3. The van der Waals surface area contributed by atoms with E-state index >= 15 is 0 Å². The van der Waals surface area contributed by atoms with Gasteiger partial charge in [-0.05, 0) is 43.5 Å². The molecule has 2 saturated heterocycles. The first-order valence-corrected chi connectivity index (χ1v) is 8.38. The third-order valence-electron chi connectivity index (χ3n) is 4.35. The fourth-order valence-corrected chi connectivity index (χ4v) is 4.62. The van der Waals surface area contributed by atoms with Crippen LogP contribution in [0.15, 0.2) is 29.2 Å². The first kappa shape index (κ1) is 17.1. The molecule has 0 saturated carbocycles. The number of sulfonamides is 1. The highest BCUT2D eigenvalue weighted by atomic mass is 35.5. The van der Waals surface area contributed by atoms with Crippen LogP contribution in [0.2, 0.25) is 0 Å². The summed E-state index contributed by atoms with van der Waals surface area (Å²) in [5, 5.41) is 13.9. The van der Waals surface area contributed by atoms with Gasteiger partial charge in [-0.3, -0.25) is 10.1 Å². The van der Waals surface area contributed by atoms with Gasteiger partial charge in [-0.1, -0.05) is 0 Å². The minimum absolute atomic E-state index is 0. The molecule has 2 aliphatic rings. The van der Waals surface area contributed by atoms with Crippen molar-refractivity contribution in [3.8, 4) is 0 Å². The molecule has 0 aromatic heterocycles. The van der Waals surface area contributed by atoms with E-state index in [2.05, 4.69) is 5.32 Å². The molecular weight excluding hydrogens is 330 g/mol. The van der Waals surface area contributed by atoms with Gasteiger partial charge in [0.15, 0.2) is 0 Å². The fraction of sp³-hybridized carbons (Fsp3) is 0.538. The lowest BCUT2D eigenvalue weighted by Gasteiger charge is -2.33. The van der Waals surface area contributed by atoms with E-state index in [1.54, 1.807) is 0 Å². The van der Waals surface area contributed by atoms with Gasteiger partial charge in [-0.25, -0.2) is 8.42 Å². The maximum absolute atomic E-state index is 12.6. The molecule has 1 aromatic carbocycles. The Morgan fingerprint density at radius 3 is 2.45 bits per heavy atom. The number of halogens is 1. The predicted octanol–water partition coefficient (Wildman–Crippen LogP) is 1.25. The zero-order valence-corrected chi connectivity index (χ0v) is 13.5. The number of non-ortho nitro benzene ring substituents is 1. The van der Waals surface area contributed by atoms with Gasteiger partial charge in [-0.15, -0.1) is 12.4 Å². The highest BCUT2D eigenvalue weighted by Gasteiger charge is 2.37. The highest BCUT2D eigenvalue weighted by Crippen LogP contribution is 2.30.